The molecule has 286 valence electrons. The Hall–Kier alpha value is -4.46. The third-order valence-electron chi connectivity index (χ3n) is 9.67. The monoisotopic (exact) mass is 749 g/mol. The van der Waals surface area contributed by atoms with Crippen LogP contribution in [-0.2, 0) is 45.7 Å². The summed E-state index contributed by atoms with van der Waals surface area (Å²) < 4.78 is 52.0. The Kier molecular flexibility index (Phi) is 12.8. The predicted molar refractivity (Wildman–Crippen MR) is 199 cm³/mol. The van der Waals surface area contributed by atoms with Crippen molar-refractivity contribution in [2.24, 2.45) is 5.92 Å². The first-order valence-electron chi connectivity index (χ1n) is 18.0. The molecule has 2 aliphatic rings. The van der Waals surface area contributed by atoms with E-state index in [4.69, 9.17) is 18.9 Å². The van der Waals surface area contributed by atoms with Gasteiger partial charge in [0.05, 0.1) is 17.9 Å². The molecule has 2 amide bonds. The molecule has 2 heterocycles. The number of hydrogen-bond acceptors (Lipinski definition) is 9. The van der Waals surface area contributed by atoms with Gasteiger partial charge in [0.2, 0.25) is 15.9 Å². The quantitative estimate of drug-likeness (QED) is 0.156. The normalized spacial score (nSPS) is 17.9. The maximum absolute atomic E-state index is 14.2. The molecular weight excluding hydrogens is 699 g/mol. The molecule has 0 aromatic heterocycles. The third-order valence-corrected chi connectivity index (χ3v) is 11.2. The van der Waals surface area contributed by atoms with Gasteiger partial charge in [-0.15, -0.1) is 0 Å². The minimum absolute atomic E-state index is 0.0245. The number of ether oxygens (including phenoxy) is 4. The Morgan fingerprint density at radius 3 is 2.15 bits per heavy atom. The van der Waals surface area contributed by atoms with E-state index in [0.29, 0.717) is 19.4 Å². The number of fused-ring (bicyclic) bond motifs is 2. The van der Waals surface area contributed by atoms with Crippen molar-refractivity contribution in [3.63, 3.8) is 0 Å². The summed E-state index contributed by atoms with van der Waals surface area (Å²) in [6.45, 7) is 6.22. The lowest BCUT2D eigenvalue weighted by atomic mass is 9.69. The van der Waals surface area contributed by atoms with Crippen LogP contribution >= 0.6 is 0 Å². The number of amides is 2. The smallest absolute Gasteiger partial charge is 0.410 e. The molecule has 2 aliphatic heterocycles. The number of likely N-dealkylation sites (tertiary alicyclic amines) is 1. The highest BCUT2D eigenvalue weighted by Gasteiger charge is 2.43. The zero-order chi connectivity index (χ0) is 38.2. The van der Waals surface area contributed by atoms with E-state index in [1.54, 1.807) is 40.0 Å². The van der Waals surface area contributed by atoms with Gasteiger partial charge in [-0.1, -0.05) is 48.5 Å². The number of aryl methyl sites for hydroxylation is 1. The van der Waals surface area contributed by atoms with Gasteiger partial charge in [-0.25, -0.2) is 17.9 Å². The fourth-order valence-electron chi connectivity index (χ4n) is 7.09. The van der Waals surface area contributed by atoms with Crippen LogP contribution in [0.25, 0.3) is 0 Å². The van der Waals surface area contributed by atoms with Gasteiger partial charge in [0.15, 0.2) is 0 Å². The molecule has 0 aliphatic carbocycles. The molecule has 2 atom stereocenters. The molecule has 5 rings (SSSR count). The number of para-hydroxylation sites is 2. The number of sulfonamides is 1. The van der Waals surface area contributed by atoms with Crippen LogP contribution in [0.3, 0.4) is 0 Å². The Balaban J connectivity index is 1.38. The molecule has 2 N–H and O–H groups in total. The lowest BCUT2D eigenvalue weighted by Gasteiger charge is -2.42. The molecule has 0 spiro atoms. The van der Waals surface area contributed by atoms with Gasteiger partial charge in [0.25, 0.3) is 0 Å². The summed E-state index contributed by atoms with van der Waals surface area (Å²) in [4.78, 5) is 40.6. The van der Waals surface area contributed by atoms with Crippen LogP contribution in [0.5, 0.6) is 11.5 Å². The van der Waals surface area contributed by atoms with Crippen molar-refractivity contribution >= 4 is 28.0 Å². The van der Waals surface area contributed by atoms with Gasteiger partial charge in [-0.3, -0.25) is 9.59 Å². The molecule has 12 nitrogen and oxygen atoms in total. The third kappa shape index (κ3) is 9.95. The second-order valence-electron chi connectivity index (χ2n) is 14.7. The van der Waals surface area contributed by atoms with Crippen LogP contribution in [-0.4, -0.2) is 83.4 Å². The number of hydrogen-bond donors (Lipinski definition) is 2. The van der Waals surface area contributed by atoms with Crippen LogP contribution in [0.1, 0.15) is 69.6 Å². The summed E-state index contributed by atoms with van der Waals surface area (Å²) in [6.07, 6.45) is 2.50. The predicted octanol–water partition coefficient (Wildman–Crippen LogP) is 5.72. The van der Waals surface area contributed by atoms with Crippen LogP contribution in [0.15, 0.2) is 77.7 Å². The highest BCUT2D eigenvalue weighted by molar-refractivity contribution is 7.89. The Morgan fingerprint density at radius 2 is 1.55 bits per heavy atom. The second kappa shape index (κ2) is 17.1. The van der Waals surface area contributed by atoms with Crippen molar-refractivity contribution in [2.45, 2.75) is 81.2 Å². The first kappa shape index (κ1) is 39.7. The van der Waals surface area contributed by atoms with Gasteiger partial charge >= 0.3 is 12.1 Å². The molecule has 0 radical (unpaired) electrons. The highest BCUT2D eigenvalue weighted by atomic mass is 32.2. The van der Waals surface area contributed by atoms with Gasteiger partial charge in [-0.2, -0.15) is 0 Å². The van der Waals surface area contributed by atoms with Crippen molar-refractivity contribution in [3.8, 4) is 11.5 Å². The number of nitrogens with zero attached hydrogens (tertiary/aromatic N) is 1. The molecule has 1 fully saturated rings. The van der Waals surface area contributed by atoms with Crippen LogP contribution < -0.4 is 14.8 Å². The Labute approximate surface area is 312 Å². The highest BCUT2D eigenvalue weighted by Crippen LogP contribution is 2.50. The topological polar surface area (TPSA) is 150 Å². The largest absolute Gasteiger partial charge is 0.469 e. The fourth-order valence-corrected chi connectivity index (χ4v) is 8.33. The van der Waals surface area contributed by atoms with Crippen LogP contribution in [0.2, 0.25) is 0 Å². The molecule has 0 unspecified atom stereocenters. The standard InChI is InChI=1S/C40H51N3O9S/c1-39(2,3)52-38(46)43-25-29(24-30(26-43)42-53(47,48)31-19-16-28(17-20-31)18-21-36(44)50-5)37(45)41-27-40(22-10-11-23-49-4)32-12-6-8-14-34(32)51-35-15-9-7-13-33(35)40/h6-9,12-17,19-20,29-30,42H,10-11,18,21-27H2,1-5H3,(H,41,45)/t29-,30+/m0/s1. The number of carbonyl (C=O) groups is 3. The minimum Gasteiger partial charge on any atom is -0.469 e. The lowest BCUT2D eigenvalue weighted by Crippen LogP contribution is -2.56. The molecular formula is C40H51N3O9S. The van der Waals surface area contributed by atoms with Crippen LogP contribution in [0.4, 0.5) is 4.79 Å². The number of piperidine rings is 1. The lowest BCUT2D eigenvalue weighted by molar-refractivity contribution is -0.140. The molecule has 3 aromatic rings. The van der Waals surface area contributed by atoms with E-state index in [9.17, 15) is 22.8 Å². The zero-order valence-corrected chi connectivity index (χ0v) is 32.0. The van der Waals surface area contributed by atoms with E-state index < -0.39 is 39.1 Å². The van der Waals surface area contributed by atoms with Gasteiger partial charge in [0, 0.05) is 62.4 Å². The SMILES string of the molecule is COCCCCC1(CNC(=O)[C@H]2C[C@@H](NS(=O)(=O)c3ccc(CCC(=O)OC)cc3)CN(C(=O)OC(C)(C)C)C2)c2ccccc2Oc2ccccc21. The van der Waals surface area contributed by atoms with E-state index in [0.717, 1.165) is 41.0 Å². The maximum atomic E-state index is 14.2. The number of carbonyl (C=O) groups excluding carboxylic acids is 3. The Bertz CT molecular complexity index is 1810. The maximum Gasteiger partial charge on any atom is 0.410 e. The molecule has 13 heteroatoms. The zero-order valence-electron chi connectivity index (χ0n) is 31.2. The summed E-state index contributed by atoms with van der Waals surface area (Å²) in [5.41, 5.74) is 1.31. The molecule has 53 heavy (non-hydrogen) atoms. The van der Waals surface area contributed by atoms with E-state index in [1.165, 1.54) is 24.1 Å². The van der Waals surface area contributed by atoms with Crippen LogP contribution in [0, 0.1) is 5.92 Å². The van der Waals surface area contributed by atoms with Crippen molar-refractivity contribution in [3.05, 3.63) is 89.5 Å². The number of benzene rings is 3. The van der Waals surface area contributed by atoms with E-state index in [1.807, 2.05) is 48.5 Å². The van der Waals surface area contributed by atoms with Crippen molar-refractivity contribution < 1.29 is 41.7 Å². The molecule has 1 saturated heterocycles. The summed E-state index contributed by atoms with van der Waals surface area (Å²) in [7, 11) is -1.05. The van der Waals surface area contributed by atoms with Gasteiger partial charge < -0.3 is 29.2 Å². The second-order valence-corrected chi connectivity index (χ2v) is 16.4. The number of methoxy groups -OCH3 is 2. The average molecular weight is 750 g/mol. The number of unbranched alkanes of at least 4 members (excludes halogenated alkanes) is 1. The van der Waals surface area contributed by atoms with Gasteiger partial charge in [-0.05, 0) is 82.7 Å². The molecule has 3 aromatic carbocycles. The average Bonchev–Trinajstić information content (AvgIpc) is 3.13. The van der Waals surface area contributed by atoms with Crippen molar-refractivity contribution in [1.29, 1.82) is 0 Å². The first-order chi connectivity index (χ1) is 25.2. The van der Waals surface area contributed by atoms with Crippen molar-refractivity contribution in [1.82, 2.24) is 14.9 Å². The number of esters is 1. The summed E-state index contributed by atoms with van der Waals surface area (Å²) in [5.74, 6) is 0.0722. The summed E-state index contributed by atoms with van der Waals surface area (Å²) in [6, 6.07) is 21.2. The minimum atomic E-state index is -4.04. The van der Waals surface area contributed by atoms with E-state index >= 15 is 0 Å². The first-order valence-corrected chi connectivity index (χ1v) is 19.5. The number of nitrogens with one attached hydrogen (secondary N) is 2. The van der Waals surface area contributed by atoms with E-state index in [-0.39, 0.29) is 49.2 Å². The van der Waals surface area contributed by atoms with Crippen molar-refractivity contribution in [2.75, 3.05) is 40.5 Å². The van der Waals surface area contributed by atoms with Gasteiger partial charge in [0.1, 0.15) is 17.1 Å². The summed E-state index contributed by atoms with van der Waals surface area (Å²) in [5, 5.41) is 3.22. The van der Waals surface area contributed by atoms with E-state index in [2.05, 4.69) is 10.0 Å². The molecule has 0 bridgehead atoms. The summed E-state index contributed by atoms with van der Waals surface area (Å²) >= 11 is 0. The fraction of sp³-hybridized carbons (Fsp3) is 0.475. The molecule has 0 saturated carbocycles. The number of rotatable bonds is 14. The Morgan fingerprint density at radius 1 is 0.906 bits per heavy atom.